The smallest absolute Gasteiger partial charge is 0.467 e. The number of rotatable bonds is 13. The minimum atomic E-state index is -4.19. The van der Waals surface area contributed by atoms with Gasteiger partial charge in [-0.25, -0.2) is 18.9 Å². The number of fused-ring (bicyclic) bond motifs is 4. The van der Waals surface area contributed by atoms with Crippen molar-refractivity contribution in [2.75, 3.05) is 20.3 Å². The molecule has 2 aliphatic rings. The predicted octanol–water partition coefficient (Wildman–Crippen LogP) is 5.50. The number of hydrogen-bond acceptors (Lipinski definition) is 10. The van der Waals surface area contributed by atoms with Gasteiger partial charge in [-0.1, -0.05) is 54.6 Å². The molecule has 0 saturated carbocycles. The minimum absolute atomic E-state index is 0.0000478. The standard InChI is InChI=1S/C37H44N3O11P/c1-37(2,3)50-35(43)38-18-10-9-15-30(40-36(44)48-22-29-27-13-7-5-11-25(27)26-12-6-8-14-28(26)29)33(41)39-31(34(42)47-4)20-23-16-17-32-24(19-23)21-49-52(45,46)51-32/h5-8,11-14,16-17,19,29-31H,9-10,15,18,20-22H2,1-4H3,(H,38,43)(H,39,41)(H,40,44)(H,45,46)/t30-,31-/m0/s1. The van der Waals surface area contributed by atoms with E-state index in [4.69, 9.17) is 23.3 Å². The molecule has 0 saturated heterocycles. The van der Waals surface area contributed by atoms with E-state index in [0.717, 1.165) is 22.3 Å². The number of benzene rings is 3. The number of phosphoric acid groups is 1. The zero-order valence-electron chi connectivity index (χ0n) is 29.5. The van der Waals surface area contributed by atoms with Crippen LogP contribution in [0, 0.1) is 0 Å². The van der Waals surface area contributed by atoms with Gasteiger partial charge in [0.1, 0.15) is 30.0 Å². The van der Waals surface area contributed by atoms with Crippen molar-refractivity contribution in [2.24, 2.45) is 0 Å². The van der Waals surface area contributed by atoms with Gasteiger partial charge in [-0.15, -0.1) is 0 Å². The Morgan fingerprint density at radius 1 is 0.923 bits per heavy atom. The van der Waals surface area contributed by atoms with E-state index in [9.17, 15) is 28.6 Å². The summed E-state index contributed by atoms with van der Waals surface area (Å²) in [5.41, 5.74) is 4.65. The average molecular weight is 738 g/mol. The molecule has 52 heavy (non-hydrogen) atoms. The van der Waals surface area contributed by atoms with E-state index in [1.165, 1.54) is 13.2 Å². The van der Waals surface area contributed by atoms with Gasteiger partial charge >= 0.3 is 26.0 Å². The highest BCUT2D eigenvalue weighted by Crippen LogP contribution is 2.50. The lowest BCUT2D eigenvalue weighted by molar-refractivity contribution is -0.145. The monoisotopic (exact) mass is 737 g/mol. The van der Waals surface area contributed by atoms with Gasteiger partial charge in [-0.2, -0.15) is 0 Å². The Labute approximate surface area is 302 Å². The number of alkyl carbamates (subject to hydrolysis) is 2. The summed E-state index contributed by atoms with van der Waals surface area (Å²) < 4.78 is 37.6. The fourth-order valence-electron chi connectivity index (χ4n) is 6.14. The molecule has 3 aromatic rings. The third kappa shape index (κ3) is 10.1. The quantitative estimate of drug-likeness (QED) is 0.0751. The molecule has 5 rings (SSSR count). The molecule has 4 N–H and O–H groups in total. The fourth-order valence-corrected chi connectivity index (χ4v) is 6.92. The van der Waals surface area contributed by atoms with Crippen LogP contribution >= 0.6 is 7.82 Å². The molecular weight excluding hydrogens is 693 g/mol. The number of unbranched alkanes of at least 4 members (excludes halogenated alkanes) is 1. The number of nitrogens with one attached hydrogen (secondary N) is 3. The molecule has 1 aliphatic carbocycles. The van der Waals surface area contributed by atoms with E-state index in [1.54, 1.807) is 32.9 Å². The Hall–Kier alpha value is -4.91. The Morgan fingerprint density at radius 3 is 2.25 bits per heavy atom. The lowest BCUT2D eigenvalue weighted by Gasteiger charge is -2.24. The number of hydrogen-bond donors (Lipinski definition) is 4. The van der Waals surface area contributed by atoms with E-state index < -0.39 is 49.6 Å². The molecule has 1 heterocycles. The van der Waals surface area contributed by atoms with Crippen LogP contribution in [0.4, 0.5) is 9.59 Å². The van der Waals surface area contributed by atoms with Crippen molar-refractivity contribution < 1.29 is 51.9 Å². The molecule has 1 unspecified atom stereocenters. The van der Waals surface area contributed by atoms with Crippen molar-refractivity contribution in [1.29, 1.82) is 0 Å². The van der Waals surface area contributed by atoms with Crippen molar-refractivity contribution in [2.45, 2.75) is 76.7 Å². The van der Waals surface area contributed by atoms with Crippen molar-refractivity contribution >= 4 is 31.9 Å². The van der Waals surface area contributed by atoms with Crippen LogP contribution in [0.3, 0.4) is 0 Å². The molecule has 0 aromatic heterocycles. The van der Waals surface area contributed by atoms with Gasteiger partial charge < -0.3 is 34.7 Å². The number of amides is 3. The molecule has 15 heteroatoms. The largest absolute Gasteiger partial charge is 0.527 e. The third-order valence-corrected chi connectivity index (χ3v) is 9.39. The maximum atomic E-state index is 13.7. The van der Waals surface area contributed by atoms with Gasteiger partial charge in [0.15, 0.2) is 0 Å². The first kappa shape index (κ1) is 38.3. The highest BCUT2D eigenvalue weighted by molar-refractivity contribution is 7.47. The first-order chi connectivity index (χ1) is 24.7. The van der Waals surface area contributed by atoms with Gasteiger partial charge in [-0.3, -0.25) is 14.2 Å². The summed E-state index contributed by atoms with van der Waals surface area (Å²) in [6.07, 6.45) is -0.325. The Morgan fingerprint density at radius 2 is 1.60 bits per heavy atom. The Bertz CT molecular complexity index is 1800. The predicted molar refractivity (Wildman–Crippen MR) is 189 cm³/mol. The lowest BCUT2D eigenvalue weighted by Crippen LogP contribution is -2.52. The summed E-state index contributed by atoms with van der Waals surface area (Å²) in [5.74, 6) is -1.38. The molecule has 3 atom stereocenters. The number of ether oxygens (including phenoxy) is 3. The van der Waals surface area contributed by atoms with Crippen LogP contribution in [-0.4, -0.2) is 66.9 Å². The van der Waals surface area contributed by atoms with E-state index >= 15 is 0 Å². The van der Waals surface area contributed by atoms with Gasteiger partial charge in [0.05, 0.1) is 13.7 Å². The van der Waals surface area contributed by atoms with Crippen LogP contribution in [0.5, 0.6) is 5.75 Å². The average Bonchev–Trinajstić information content (AvgIpc) is 3.41. The topological polar surface area (TPSA) is 188 Å². The summed E-state index contributed by atoms with van der Waals surface area (Å²) >= 11 is 0. The van der Waals surface area contributed by atoms with E-state index in [0.29, 0.717) is 24.0 Å². The fraction of sp³-hybridized carbons (Fsp3) is 0.405. The second-order valence-electron chi connectivity index (χ2n) is 13.5. The number of carbonyl (C=O) groups is 4. The molecule has 0 spiro atoms. The molecule has 3 aromatic carbocycles. The van der Waals surface area contributed by atoms with Crippen molar-refractivity contribution in [1.82, 2.24) is 16.0 Å². The molecule has 0 fully saturated rings. The highest BCUT2D eigenvalue weighted by Gasteiger charge is 2.33. The van der Waals surface area contributed by atoms with Gasteiger partial charge in [0, 0.05) is 24.4 Å². The van der Waals surface area contributed by atoms with Gasteiger partial charge in [0.25, 0.3) is 0 Å². The van der Waals surface area contributed by atoms with Crippen molar-refractivity contribution in [3.63, 3.8) is 0 Å². The minimum Gasteiger partial charge on any atom is -0.467 e. The molecule has 14 nitrogen and oxygen atoms in total. The number of phosphoric ester groups is 1. The van der Waals surface area contributed by atoms with Crippen LogP contribution in [-0.2, 0) is 45.9 Å². The molecule has 0 bridgehead atoms. The molecule has 278 valence electrons. The van der Waals surface area contributed by atoms with Crippen molar-refractivity contribution in [3.05, 3.63) is 89.0 Å². The van der Waals surface area contributed by atoms with Crippen LogP contribution in [0.1, 0.15) is 68.2 Å². The van der Waals surface area contributed by atoms with Crippen LogP contribution in [0.2, 0.25) is 0 Å². The molecule has 0 radical (unpaired) electrons. The number of carbonyl (C=O) groups excluding carboxylic acids is 4. The van der Waals surface area contributed by atoms with Crippen LogP contribution in [0.25, 0.3) is 11.1 Å². The van der Waals surface area contributed by atoms with Gasteiger partial charge in [0.2, 0.25) is 5.91 Å². The second kappa shape index (κ2) is 16.6. The maximum Gasteiger partial charge on any atom is 0.527 e. The Balaban J connectivity index is 1.25. The summed E-state index contributed by atoms with van der Waals surface area (Å²) in [7, 11) is -3.00. The van der Waals surface area contributed by atoms with E-state index in [2.05, 4.69) is 16.0 Å². The SMILES string of the molecule is COC(=O)[C@H](Cc1ccc2c(c1)COP(=O)(O)O2)NC(=O)[C@H](CCCCNC(=O)OC(C)(C)C)NC(=O)OCC1c2ccccc2-c2ccccc21. The van der Waals surface area contributed by atoms with Crippen molar-refractivity contribution in [3.8, 4) is 16.9 Å². The number of esters is 1. The molecule has 1 aliphatic heterocycles. The first-order valence-electron chi connectivity index (χ1n) is 17.0. The summed E-state index contributed by atoms with van der Waals surface area (Å²) in [4.78, 5) is 61.5. The van der Waals surface area contributed by atoms with E-state index in [-0.39, 0.29) is 44.3 Å². The maximum absolute atomic E-state index is 13.7. The number of methoxy groups -OCH3 is 1. The highest BCUT2D eigenvalue weighted by atomic mass is 31.2. The first-order valence-corrected chi connectivity index (χ1v) is 18.5. The zero-order chi connectivity index (χ0) is 37.5. The third-order valence-electron chi connectivity index (χ3n) is 8.50. The summed E-state index contributed by atoms with van der Waals surface area (Å²) in [6.45, 7) is 5.41. The second-order valence-corrected chi connectivity index (χ2v) is 14.9. The van der Waals surface area contributed by atoms with Gasteiger partial charge in [-0.05, 0) is 80.0 Å². The summed E-state index contributed by atoms with van der Waals surface area (Å²) in [6, 6.07) is 18.3. The molecular formula is C37H44N3O11P. The summed E-state index contributed by atoms with van der Waals surface area (Å²) in [5, 5.41) is 8.05. The lowest BCUT2D eigenvalue weighted by atomic mass is 9.98. The zero-order valence-corrected chi connectivity index (χ0v) is 30.4. The van der Waals surface area contributed by atoms with E-state index in [1.807, 2.05) is 48.5 Å². The molecule has 3 amide bonds. The van der Waals surface area contributed by atoms with Crippen LogP contribution < -0.4 is 20.5 Å². The Kier molecular flexibility index (Phi) is 12.2. The normalized spacial score (nSPS) is 17.2. The van der Waals surface area contributed by atoms with Crippen LogP contribution in [0.15, 0.2) is 66.7 Å².